The second kappa shape index (κ2) is 14.0. The second-order valence-electron chi connectivity index (χ2n) is 11.3. The third-order valence-corrected chi connectivity index (χ3v) is 8.18. The van der Waals surface area contributed by atoms with Crippen molar-refractivity contribution in [3.63, 3.8) is 0 Å². The first-order valence-electron chi connectivity index (χ1n) is 14.1. The number of halogens is 1. The van der Waals surface area contributed by atoms with Crippen molar-refractivity contribution in [2.24, 2.45) is 0 Å². The van der Waals surface area contributed by atoms with Gasteiger partial charge in [0.2, 0.25) is 16.0 Å². The first kappa shape index (κ1) is 32.6. The van der Waals surface area contributed by atoms with Gasteiger partial charge in [-0.2, -0.15) is 4.72 Å². The molecule has 2 atom stereocenters. The maximum Gasteiger partial charge on any atom is 0.326 e. The smallest absolute Gasteiger partial charge is 0.326 e. The number of nitrogens with zero attached hydrogens (tertiary/aromatic N) is 3. The van der Waals surface area contributed by atoms with E-state index in [1.54, 1.807) is 39.2 Å². The average molecular weight is 629 g/mol. The van der Waals surface area contributed by atoms with Crippen molar-refractivity contribution in [3.8, 4) is 5.75 Å². The summed E-state index contributed by atoms with van der Waals surface area (Å²) in [5.74, 6) is -1.20. The van der Waals surface area contributed by atoms with E-state index >= 15 is 4.39 Å². The number of benzene rings is 2. The maximum absolute atomic E-state index is 15.3. The lowest BCUT2D eigenvalue weighted by molar-refractivity contribution is -0.156. The molecule has 2 aromatic carbocycles. The molecule has 0 aliphatic carbocycles. The van der Waals surface area contributed by atoms with E-state index in [4.69, 9.17) is 9.47 Å². The average Bonchev–Trinajstić information content (AvgIpc) is 2.98. The lowest BCUT2D eigenvalue weighted by Gasteiger charge is -2.35. The lowest BCUT2D eigenvalue weighted by atomic mass is 10.0. The third kappa shape index (κ3) is 8.86. The molecule has 1 fully saturated rings. The number of esters is 1. The Morgan fingerprint density at radius 3 is 2.45 bits per heavy atom. The summed E-state index contributed by atoms with van der Waals surface area (Å²) in [6.45, 7) is 5.64. The first-order chi connectivity index (χ1) is 20.8. The van der Waals surface area contributed by atoms with Crippen LogP contribution in [0.1, 0.15) is 44.0 Å². The summed E-state index contributed by atoms with van der Waals surface area (Å²) in [5.41, 5.74) is -0.557. The van der Waals surface area contributed by atoms with E-state index in [9.17, 15) is 18.0 Å². The minimum atomic E-state index is -4.18. The Kier molecular flexibility index (Phi) is 10.4. The Labute approximate surface area is 256 Å². The first-order valence-corrected chi connectivity index (χ1v) is 15.6. The van der Waals surface area contributed by atoms with Gasteiger partial charge >= 0.3 is 5.97 Å². The van der Waals surface area contributed by atoms with E-state index in [1.165, 1.54) is 43.5 Å². The molecule has 3 N–H and O–H groups in total. The quantitative estimate of drug-likeness (QED) is 0.270. The van der Waals surface area contributed by atoms with Crippen LogP contribution in [-0.2, 0) is 19.6 Å². The van der Waals surface area contributed by atoms with Gasteiger partial charge in [-0.05, 0) is 82.1 Å². The van der Waals surface area contributed by atoms with Crippen LogP contribution in [0.5, 0.6) is 5.75 Å². The fourth-order valence-electron chi connectivity index (χ4n) is 4.63. The summed E-state index contributed by atoms with van der Waals surface area (Å²) >= 11 is 0. The van der Waals surface area contributed by atoms with Crippen LogP contribution in [0.3, 0.4) is 0 Å². The molecule has 3 aromatic rings. The monoisotopic (exact) mass is 628 g/mol. The molecule has 1 aliphatic heterocycles. The van der Waals surface area contributed by atoms with Crippen molar-refractivity contribution >= 4 is 33.5 Å². The zero-order chi connectivity index (χ0) is 31.9. The molecular weight excluding hydrogens is 591 g/mol. The Bertz CT molecular complexity index is 1550. The number of hydrogen-bond donors (Lipinski definition) is 3. The number of rotatable bonds is 11. The molecule has 2 heterocycles. The molecule has 1 aromatic heterocycles. The molecular formula is C30H37FN6O6S. The van der Waals surface area contributed by atoms with E-state index in [0.29, 0.717) is 30.5 Å². The highest BCUT2D eigenvalue weighted by Crippen LogP contribution is 2.25. The molecule has 1 amide bonds. The van der Waals surface area contributed by atoms with Gasteiger partial charge in [0, 0.05) is 43.6 Å². The Balaban J connectivity index is 1.43. The van der Waals surface area contributed by atoms with Crippen molar-refractivity contribution in [3.05, 3.63) is 72.3 Å². The van der Waals surface area contributed by atoms with Crippen molar-refractivity contribution in [1.82, 2.24) is 20.0 Å². The zero-order valence-electron chi connectivity index (χ0n) is 25.0. The fourth-order valence-corrected chi connectivity index (χ4v) is 5.81. The van der Waals surface area contributed by atoms with Crippen LogP contribution in [0, 0.1) is 5.82 Å². The highest BCUT2D eigenvalue weighted by atomic mass is 32.2. The van der Waals surface area contributed by atoms with Gasteiger partial charge in [0.1, 0.15) is 23.2 Å². The zero-order valence-corrected chi connectivity index (χ0v) is 25.9. The number of aromatic nitrogens is 2. The third-order valence-electron chi connectivity index (χ3n) is 6.70. The molecule has 0 radical (unpaired) electrons. The molecule has 0 saturated carbocycles. The van der Waals surface area contributed by atoms with Crippen LogP contribution in [0.25, 0.3) is 0 Å². The van der Waals surface area contributed by atoms with Crippen LogP contribution in [0.4, 0.5) is 16.0 Å². The Morgan fingerprint density at radius 1 is 1.11 bits per heavy atom. The van der Waals surface area contributed by atoms with Crippen molar-refractivity contribution in [1.29, 1.82) is 0 Å². The summed E-state index contributed by atoms with van der Waals surface area (Å²) in [6, 6.07) is 10.00. The van der Waals surface area contributed by atoms with Gasteiger partial charge in [-0.1, -0.05) is 0 Å². The number of ether oxygens (including phenoxy) is 2. The number of sulfonamides is 1. The number of carbonyl (C=O) groups excluding carboxylic acids is 2. The van der Waals surface area contributed by atoms with E-state index in [2.05, 4.69) is 25.3 Å². The molecule has 0 spiro atoms. The van der Waals surface area contributed by atoms with Crippen molar-refractivity contribution in [2.75, 3.05) is 37.0 Å². The predicted molar refractivity (Wildman–Crippen MR) is 163 cm³/mol. The van der Waals surface area contributed by atoms with Gasteiger partial charge in [0.05, 0.1) is 17.7 Å². The highest BCUT2D eigenvalue weighted by Gasteiger charge is 2.31. The molecule has 236 valence electrons. The summed E-state index contributed by atoms with van der Waals surface area (Å²) in [5, 5.41) is 5.80. The van der Waals surface area contributed by atoms with Crippen LogP contribution < -0.4 is 25.0 Å². The molecule has 14 heteroatoms. The molecule has 0 unspecified atom stereocenters. The normalized spacial score (nSPS) is 16.1. The Morgan fingerprint density at radius 2 is 1.82 bits per heavy atom. The number of hydrogen-bond acceptors (Lipinski definition) is 10. The molecule has 0 bridgehead atoms. The number of amides is 1. The van der Waals surface area contributed by atoms with Gasteiger partial charge in [-0.25, -0.2) is 22.8 Å². The van der Waals surface area contributed by atoms with Gasteiger partial charge in [-0.3, -0.25) is 9.59 Å². The second-order valence-corrected chi connectivity index (χ2v) is 13.0. The standard InChI is InChI=1S/C30H37FN6O6S/c1-30(2,3)43-28(39)25(36-44(40,41)23-11-9-22(42-4)10-12-23)18-34-27(38)20-8-13-26(24(31)17-20)37-16-5-7-21(19-37)35-29-32-14-6-15-33-29/h6,8-15,17,21,25,36H,5,7,16,18-19H2,1-4H3,(H,34,38)(H,32,33,35)/t21-,25-/m0/s1. The van der Waals surface area contributed by atoms with Crippen LogP contribution in [0.2, 0.25) is 0 Å². The molecule has 44 heavy (non-hydrogen) atoms. The topological polar surface area (TPSA) is 152 Å². The number of carbonyl (C=O) groups is 2. The summed E-state index contributed by atoms with van der Waals surface area (Å²) < 4.78 is 54.1. The van der Waals surface area contributed by atoms with Gasteiger partial charge in [-0.15, -0.1) is 0 Å². The maximum atomic E-state index is 15.3. The lowest BCUT2D eigenvalue weighted by Crippen LogP contribution is -2.50. The fraction of sp³-hybridized carbons (Fsp3) is 0.400. The van der Waals surface area contributed by atoms with Crippen LogP contribution in [0.15, 0.2) is 65.8 Å². The largest absolute Gasteiger partial charge is 0.497 e. The highest BCUT2D eigenvalue weighted by molar-refractivity contribution is 7.89. The minimum Gasteiger partial charge on any atom is -0.497 e. The number of anilines is 2. The summed E-state index contributed by atoms with van der Waals surface area (Å²) in [6.07, 6.45) is 4.98. The van der Waals surface area contributed by atoms with E-state index in [0.717, 1.165) is 18.9 Å². The van der Waals surface area contributed by atoms with Crippen LogP contribution in [-0.4, -0.2) is 74.7 Å². The molecule has 1 aliphatic rings. The van der Waals surface area contributed by atoms with Crippen molar-refractivity contribution in [2.45, 2.75) is 56.2 Å². The molecule has 4 rings (SSSR count). The number of methoxy groups -OCH3 is 1. The summed E-state index contributed by atoms with van der Waals surface area (Å²) in [7, 11) is -2.73. The molecule has 1 saturated heterocycles. The van der Waals surface area contributed by atoms with E-state index in [-0.39, 0.29) is 16.5 Å². The SMILES string of the molecule is COc1ccc(S(=O)(=O)N[C@@H](CNC(=O)c2ccc(N3CCC[C@H](Nc4ncccn4)C3)c(F)c2)C(=O)OC(C)(C)C)cc1. The minimum absolute atomic E-state index is 0.0107. The molecule has 12 nitrogen and oxygen atoms in total. The Hall–Kier alpha value is -4.30. The number of nitrogens with one attached hydrogen (secondary N) is 3. The van der Waals surface area contributed by atoms with Crippen molar-refractivity contribution < 1.29 is 31.9 Å². The van der Waals surface area contributed by atoms with E-state index < -0.39 is 45.9 Å². The van der Waals surface area contributed by atoms with Crippen LogP contribution >= 0.6 is 0 Å². The van der Waals surface area contributed by atoms with Gasteiger partial charge in [0.15, 0.2) is 0 Å². The van der Waals surface area contributed by atoms with Gasteiger partial charge < -0.3 is 25.0 Å². The summed E-state index contributed by atoms with van der Waals surface area (Å²) in [4.78, 5) is 36.1. The number of piperidine rings is 1. The van der Waals surface area contributed by atoms with Gasteiger partial charge in [0.25, 0.3) is 5.91 Å². The predicted octanol–water partition coefficient (Wildman–Crippen LogP) is 3.12. The van der Waals surface area contributed by atoms with E-state index in [1.807, 2.05) is 4.90 Å².